The van der Waals surface area contributed by atoms with E-state index in [9.17, 15) is 4.79 Å². The maximum Gasteiger partial charge on any atom is 0.320 e. The van der Waals surface area contributed by atoms with Crippen molar-refractivity contribution in [3.63, 3.8) is 0 Å². The maximum absolute atomic E-state index is 12.3. The second kappa shape index (κ2) is 9.24. The van der Waals surface area contributed by atoms with Gasteiger partial charge in [0.15, 0.2) is 11.5 Å². The lowest BCUT2D eigenvalue weighted by atomic mass is 9.91. The summed E-state index contributed by atoms with van der Waals surface area (Å²) in [4.78, 5) is 15.7. The van der Waals surface area contributed by atoms with Gasteiger partial charge in [0.25, 0.3) is 0 Å². The molecule has 2 aromatic rings. The Kier molecular flexibility index (Phi) is 6.74. The minimum atomic E-state index is -0.158. The first-order chi connectivity index (χ1) is 13.2. The molecule has 146 valence electrons. The van der Waals surface area contributed by atoms with E-state index in [4.69, 9.17) is 14.2 Å². The van der Waals surface area contributed by atoms with Crippen molar-refractivity contribution in [1.29, 1.82) is 0 Å². The molecule has 0 N–H and O–H groups in total. The molecular weight excluding hydrogens is 362 g/mol. The number of benzene rings is 1. The molecule has 2 heterocycles. The van der Waals surface area contributed by atoms with Crippen molar-refractivity contribution in [2.45, 2.75) is 32.2 Å². The van der Waals surface area contributed by atoms with Crippen molar-refractivity contribution in [2.75, 3.05) is 33.9 Å². The minimum absolute atomic E-state index is 0.0206. The van der Waals surface area contributed by atoms with E-state index in [-0.39, 0.29) is 12.0 Å². The number of carbonyl (C=O) groups excluding carboxylic acids is 1. The third-order valence-corrected chi connectivity index (χ3v) is 5.80. The Morgan fingerprint density at radius 2 is 2.04 bits per heavy atom. The standard InChI is InChI=1S/C21H27NO4S/c1-4-5-10-26-20(23)14-22-9-8-15-12-17(24-2)18(25-3)13-16(15)21(22)19-7-6-11-27-19/h6-7,11-13,21H,4-5,8-10,14H2,1-3H3. The highest BCUT2D eigenvalue weighted by atomic mass is 32.1. The van der Waals surface area contributed by atoms with Crippen LogP contribution in [0.15, 0.2) is 29.6 Å². The summed E-state index contributed by atoms with van der Waals surface area (Å²) in [6.07, 6.45) is 2.78. The van der Waals surface area contributed by atoms with E-state index in [1.54, 1.807) is 25.6 Å². The first-order valence-corrected chi connectivity index (χ1v) is 10.2. The minimum Gasteiger partial charge on any atom is -0.493 e. The number of carbonyl (C=O) groups is 1. The fourth-order valence-corrected chi connectivity index (χ4v) is 4.37. The number of rotatable bonds is 8. The lowest BCUT2D eigenvalue weighted by molar-refractivity contribution is -0.145. The van der Waals surface area contributed by atoms with Crippen LogP contribution in [0.3, 0.4) is 0 Å². The molecule has 0 amide bonds. The molecule has 0 fully saturated rings. The number of methoxy groups -OCH3 is 2. The van der Waals surface area contributed by atoms with Crippen LogP contribution in [0.5, 0.6) is 11.5 Å². The maximum atomic E-state index is 12.3. The molecule has 1 aromatic heterocycles. The van der Waals surface area contributed by atoms with Crippen LogP contribution in [-0.4, -0.2) is 44.8 Å². The molecule has 0 spiro atoms. The molecular formula is C21H27NO4S. The highest BCUT2D eigenvalue weighted by Crippen LogP contribution is 2.42. The molecule has 5 nitrogen and oxygen atoms in total. The smallest absolute Gasteiger partial charge is 0.320 e. The van der Waals surface area contributed by atoms with Crippen LogP contribution >= 0.6 is 11.3 Å². The lowest BCUT2D eigenvalue weighted by Gasteiger charge is -2.36. The third-order valence-electron chi connectivity index (χ3n) is 4.88. The topological polar surface area (TPSA) is 48.0 Å². The van der Waals surface area contributed by atoms with E-state index >= 15 is 0 Å². The Morgan fingerprint density at radius 1 is 1.26 bits per heavy atom. The lowest BCUT2D eigenvalue weighted by Crippen LogP contribution is -2.39. The Hall–Kier alpha value is -2.05. The molecule has 1 atom stereocenters. The van der Waals surface area contributed by atoms with Crippen LogP contribution < -0.4 is 9.47 Å². The second-order valence-electron chi connectivity index (χ2n) is 6.62. The normalized spacial score (nSPS) is 16.6. The summed E-state index contributed by atoms with van der Waals surface area (Å²) in [6, 6.07) is 8.30. The van der Waals surface area contributed by atoms with Gasteiger partial charge >= 0.3 is 5.97 Å². The van der Waals surface area contributed by atoms with E-state index in [1.165, 1.54) is 16.0 Å². The van der Waals surface area contributed by atoms with Crippen LogP contribution in [0.4, 0.5) is 0 Å². The number of ether oxygens (including phenoxy) is 3. The molecule has 6 heteroatoms. The van der Waals surface area contributed by atoms with Crippen LogP contribution in [0.1, 0.15) is 41.8 Å². The van der Waals surface area contributed by atoms with Crippen molar-refractivity contribution in [3.05, 3.63) is 45.6 Å². The summed E-state index contributed by atoms with van der Waals surface area (Å²) >= 11 is 1.70. The zero-order valence-corrected chi connectivity index (χ0v) is 17.0. The number of thiophene rings is 1. The summed E-state index contributed by atoms with van der Waals surface area (Å²) < 4.78 is 16.4. The molecule has 3 rings (SSSR count). The van der Waals surface area contributed by atoms with E-state index in [0.717, 1.165) is 31.6 Å². The van der Waals surface area contributed by atoms with Crippen LogP contribution in [0.25, 0.3) is 0 Å². The summed E-state index contributed by atoms with van der Waals surface area (Å²) in [7, 11) is 3.30. The van der Waals surface area contributed by atoms with Crippen LogP contribution in [0.2, 0.25) is 0 Å². The molecule has 0 radical (unpaired) electrons. The Bertz CT molecular complexity index is 760. The second-order valence-corrected chi connectivity index (χ2v) is 7.60. The van der Waals surface area contributed by atoms with Crippen LogP contribution in [-0.2, 0) is 16.0 Å². The molecule has 0 saturated heterocycles. The van der Waals surface area contributed by atoms with E-state index in [1.807, 2.05) is 12.1 Å². The number of fused-ring (bicyclic) bond motifs is 1. The zero-order chi connectivity index (χ0) is 19.2. The van der Waals surface area contributed by atoms with Gasteiger partial charge in [-0.1, -0.05) is 19.4 Å². The largest absolute Gasteiger partial charge is 0.493 e. The average Bonchev–Trinajstić information content (AvgIpc) is 3.21. The molecule has 0 bridgehead atoms. The van der Waals surface area contributed by atoms with Crippen molar-refractivity contribution >= 4 is 17.3 Å². The van der Waals surface area contributed by atoms with Crippen molar-refractivity contribution in [2.24, 2.45) is 0 Å². The van der Waals surface area contributed by atoms with E-state index in [2.05, 4.69) is 29.3 Å². The summed E-state index contributed by atoms with van der Waals surface area (Å²) in [5.74, 6) is 1.30. The highest BCUT2D eigenvalue weighted by Gasteiger charge is 2.32. The van der Waals surface area contributed by atoms with E-state index in [0.29, 0.717) is 18.9 Å². The SMILES string of the molecule is CCCCOC(=O)CN1CCc2cc(OC)c(OC)cc2C1c1cccs1. The molecule has 0 aliphatic carbocycles. The van der Waals surface area contributed by atoms with Gasteiger partial charge in [0, 0.05) is 11.4 Å². The first-order valence-electron chi connectivity index (χ1n) is 9.35. The summed E-state index contributed by atoms with van der Waals surface area (Å²) in [5, 5.41) is 2.07. The molecule has 1 aliphatic heterocycles. The number of esters is 1. The molecule has 27 heavy (non-hydrogen) atoms. The molecule has 0 saturated carbocycles. The quantitative estimate of drug-likeness (QED) is 0.503. The molecule has 1 aliphatic rings. The van der Waals surface area contributed by atoms with Gasteiger partial charge in [-0.15, -0.1) is 11.3 Å². The summed E-state index contributed by atoms with van der Waals surface area (Å²) in [6.45, 7) is 3.67. The summed E-state index contributed by atoms with van der Waals surface area (Å²) in [5.41, 5.74) is 2.41. The van der Waals surface area contributed by atoms with Crippen molar-refractivity contribution < 1.29 is 19.0 Å². The fourth-order valence-electron chi connectivity index (χ4n) is 3.49. The highest BCUT2D eigenvalue weighted by molar-refractivity contribution is 7.10. The van der Waals surface area contributed by atoms with Gasteiger partial charge in [-0.2, -0.15) is 0 Å². The van der Waals surface area contributed by atoms with Gasteiger partial charge in [-0.3, -0.25) is 9.69 Å². The Labute approximate surface area is 164 Å². The van der Waals surface area contributed by atoms with Gasteiger partial charge in [-0.05, 0) is 47.5 Å². The predicted octanol–water partition coefficient (Wildman–Crippen LogP) is 4.06. The van der Waals surface area contributed by atoms with Gasteiger partial charge in [0.05, 0.1) is 33.4 Å². The Balaban J connectivity index is 1.90. The van der Waals surface area contributed by atoms with Gasteiger partial charge in [0.2, 0.25) is 0 Å². The zero-order valence-electron chi connectivity index (χ0n) is 16.2. The van der Waals surface area contributed by atoms with Gasteiger partial charge in [0.1, 0.15) is 0 Å². The van der Waals surface area contributed by atoms with Crippen molar-refractivity contribution in [1.82, 2.24) is 4.90 Å². The molecule has 1 unspecified atom stereocenters. The molecule has 1 aromatic carbocycles. The number of unbranched alkanes of at least 4 members (excludes halogenated alkanes) is 1. The van der Waals surface area contributed by atoms with Gasteiger partial charge < -0.3 is 14.2 Å². The fraction of sp³-hybridized carbons (Fsp3) is 0.476. The monoisotopic (exact) mass is 389 g/mol. The number of hydrogen-bond acceptors (Lipinski definition) is 6. The third kappa shape index (κ3) is 4.45. The predicted molar refractivity (Wildman–Crippen MR) is 107 cm³/mol. The van der Waals surface area contributed by atoms with E-state index < -0.39 is 0 Å². The Morgan fingerprint density at radius 3 is 2.70 bits per heavy atom. The van der Waals surface area contributed by atoms with Gasteiger partial charge in [-0.25, -0.2) is 0 Å². The van der Waals surface area contributed by atoms with Crippen molar-refractivity contribution in [3.8, 4) is 11.5 Å². The first kappa shape index (κ1) is 19.7. The number of hydrogen-bond donors (Lipinski definition) is 0. The van der Waals surface area contributed by atoms with Crippen LogP contribution in [0, 0.1) is 0 Å². The average molecular weight is 390 g/mol. The number of nitrogens with zero attached hydrogens (tertiary/aromatic N) is 1.